The van der Waals surface area contributed by atoms with Gasteiger partial charge in [-0.2, -0.15) is 0 Å². The summed E-state index contributed by atoms with van der Waals surface area (Å²) in [6, 6.07) is 56.7. The molecule has 0 amide bonds. The van der Waals surface area contributed by atoms with E-state index >= 15 is 0 Å². The standard InChI is InChI=1S/C63H52N4/c1-41-35-36-42-17-5-7-25-49(42)60(41)44-19-13-23-47(39-44)66-54-29-11-9-27-51(54)62-56(31-15-33-58(62)66)65(46-21-3-2-4-22-46)57-32-16-34-59-63(57)52-28-10-12-30-55(52)67(59)48-24-14-20-45(40-48)61-50-26-8-6-18-43(50)37-38-53(61)64/h2-22,24-37,39-40,47,50-51,53-54,61H,23,38,64H2,1H3. The molecule has 2 N–H and O–H groups in total. The number of anilines is 4. The fourth-order valence-electron chi connectivity index (χ4n) is 12.3. The number of nitrogens with two attached hydrogens (primary N) is 1. The Labute approximate surface area is 393 Å². The number of fused-ring (bicyclic) bond motifs is 8. The first kappa shape index (κ1) is 39.7. The van der Waals surface area contributed by atoms with Gasteiger partial charge in [-0.05, 0) is 113 Å². The molecule has 0 bridgehead atoms. The first-order valence-corrected chi connectivity index (χ1v) is 24.0. The molecule has 0 radical (unpaired) electrons. The highest BCUT2D eigenvalue weighted by Gasteiger charge is 2.42. The van der Waals surface area contributed by atoms with Gasteiger partial charge in [0.05, 0.1) is 34.5 Å². The summed E-state index contributed by atoms with van der Waals surface area (Å²) >= 11 is 0. The lowest BCUT2D eigenvalue weighted by Crippen LogP contribution is -2.41. The van der Waals surface area contributed by atoms with Gasteiger partial charge in [-0.3, -0.25) is 0 Å². The first-order chi connectivity index (χ1) is 33.1. The summed E-state index contributed by atoms with van der Waals surface area (Å²) in [5.74, 6) is 0.635. The SMILES string of the molecule is Cc1ccc2ccccc2c1C1=CC(N2c3cccc(N(c4ccccc4)c4cccc5c4c4ccccc4n5-c4cccc(C5C(N)CC=C6C=CC=CC65)c4)c3C3C=CC=CC32)CC=C1. The van der Waals surface area contributed by atoms with E-state index < -0.39 is 0 Å². The largest absolute Gasteiger partial charge is 0.357 e. The van der Waals surface area contributed by atoms with Gasteiger partial charge < -0.3 is 20.1 Å². The molecule has 1 aliphatic heterocycles. The van der Waals surface area contributed by atoms with Crippen LogP contribution in [-0.4, -0.2) is 22.7 Å². The van der Waals surface area contributed by atoms with E-state index in [-0.39, 0.29) is 35.9 Å². The number of aryl methyl sites for hydroxylation is 1. The zero-order valence-electron chi connectivity index (χ0n) is 37.7. The Bertz CT molecular complexity index is 3500. The van der Waals surface area contributed by atoms with Gasteiger partial charge in [-0.1, -0.05) is 170 Å². The Morgan fingerprint density at radius 2 is 1.39 bits per heavy atom. The highest BCUT2D eigenvalue weighted by molar-refractivity contribution is 6.16. The summed E-state index contributed by atoms with van der Waals surface area (Å²) in [6.07, 6.45) is 29.7. The van der Waals surface area contributed by atoms with Crippen LogP contribution in [0.15, 0.2) is 230 Å². The second-order valence-electron chi connectivity index (χ2n) is 18.9. The quantitative estimate of drug-likeness (QED) is 0.173. The fourth-order valence-corrected chi connectivity index (χ4v) is 12.3. The highest BCUT2D eigenvalue weighted by atomic mass is 15.2. The fraction of sp³-hybridized carbons (Fsp3) is 0.143. The molecule has 8 aromatic rings. The molecular formula is C63H52N4. The third kappa shape index (κ3) is 6.38. The van der Waals surface area contributed by atoms with Crippen LogP contribution in [0.1, 0.15) is 46.9 Å². The molecule has 1 aromatic heterocycles. The molecule has 2 heterocycles. The average molecular weight is 865 g/mol. The summed E-state index contributed by atoms with van der Waals surface area (Å²) < 4.78 is 2.47. The van der Waals surface area contributed by atoms with Crippen LogP contribution in [-0.2, 0) is 0 Å². The molecule has 5 aliphatic rings. The van der Waals surface area contributed by atoms with E-state index in [1.165, 1.54) is 77.4 Å². The number of hydrogen-bond donors (Lipinski definition) is 1. The first-order valence-electron chi connectivity index (χ1n) is 24.0. The minimum atomic E-state index is 0.0445. The van der Waals surface area contributed by atoms with E-state index in [0.29, 0.717) is 0 Å². The lowest BCUT2D eigenvalue weighted by molar-refractivity contribution is 0.444. The molecule has 0 saturated carbocycles. The van der Waals surface area contributed by atoms with Gasteiger partial charge in [0.15, 0.2) is 0 Å². The van der Waals surface area contributed by atoms with Crippen molar-refractivity contribution in [2.75, 3.05) is 9.80 Å². The van der Waals surface area contributed by atoms with Gasteiger partial charge in [0.2, 0.25) is 0 Å². The molecule has 324 valence electrons. The van der Waals surface area contributed by atoms with Crippen molar-refractivity contribution in [3.63, 3.8) is 0 Å². The van der Waals surface area contributed by atoms with Crippen LogP contribution in [0, 0.1) is 12.8 Å². The van der Waals surface area contributed by atoms with E-state index in [4.69, 9.17) is 5.73 Å². The van der Waals surface area contributed by atoms with E-state index in [1.807, 2.05) is 0 Å². The number of rotatable bonds is 7. The van der Waals surface area contributed by atoms with Gasteiger partial charge in [-0.25, -0.2) is 0 Å². The molecule has 0 saturated heterocycles. The van der Waals surface area contributed by atoms with E-state index in [0.717, 1.165) is 29.9 Å². The van der Waals surface area contributed by atoms with Gasteiger partial charge >= 0.3 is 0 Å². The van der Waals surface area contributed by atoms with Gasteiger partial charge in [0.1, 0.15) is 0 Å². The van der Waals surface area contributed by atoms with Gasteiger partial charge in [-0.15, -0.1) is 0 Å². The Balaban J connectivity index is 0.976. The number of hydrogen-bond acceptors (Lipinski definition) is 3. The average Bonchev–Trinajstić information content (AvgIpc) is 3.91. The summed E-state index contributed by atoms with van der Waals surface area (Å²) in [4.78, 5) is 5.26. The monoisotopic (exact) mass is 864 g/mol. The summed E-state index contributed by atoms with van der Waals surface area (Å²) in [7, 11) is 0. The predicted octanol–water partition coefficient (Wildman–Crippen LogP) is 15.0. The summed E-state index contributed by atoms with van der Waals surface area (Å²) in [6.45, 7) is 2.25. The van der Waals surface area contributed by atoms with Crippen molar-refractivity contribution in [2.24, 2.45) is 11.7 Å². The topological polar surface area (TPSA) is 37.4 Å². The maximum atomic E-state index is 6.98. The third-order valence-electron chi connectivity index (χ3n) is 15.2. The maximum absolute atomic E-state index is 6.98. The number of para-hydroxylation sites is 2. The van der Waals surface area contributed by atoms with E-state index in [2.05, 4.69) is 246 Å². The molecular weight excluding hydrogens is 813 g/mol. The molecule has 7 aromatic carbocycles. The molecule has 6 atom stereocenters. The number of aromatic nitrogens is 1. The van der Waals surface area contributed by atoms with Crippen LogP contribution in [0.3, 0.4) is 0 Å². The highest BCUT2D eigenvalue weighted by Crippen LogP contribution is 2.54. The van der Waals surface area contributed by atoms with Crippen molar-refractivity contribution in [1.29, 1.82) is 0 Å². The molecule has 6 unspecified atom stereocenters. The normalized spacial score (nSPS) is 22.5. The smallest absolute Gasteiger partial charge is 0.0587 e. The lowest BCUT2D eigenvalue weighted by Gasteiger charge is -2.36. The summed E-state index contributed by atoms with van der Waals surface area (Å²) in [5.41, 5.74) is 23.2. The van der Waals surface area contributed by atoms with Crippen LogP contribution < -0.4 is 15.5 Å². The van der Waals surface area contributed by atoms with E-state index in [1.54, 1.807) is 0 Å². The van der Waals surface area contributed by atoms with Crippen molar-refractivity contribution in [3.8, 4) is 5.69 Å². The molecule has 67 heavy (non-hydrogen) atoms. The molecule has 4 nitrogen and oxygen atoms in total. The summed E-state index contributed by atoms with van der Waals surface area (Å²) in [5, 5.41) is 5.04. The predicted molar refractivity (Wildman–Crippen MR) is 282 cm³/mol. The molecule has 13 rings (SSSR count). The van der Waals surface area contributed by atoms with Gasteiger partial charge in [0, 0.05) is 57.2 Å². The van der Waals surface area contributed by atoms with Gasteiger partial charge in [0.25, 0.3) is 0 Å². The number of allylic oxidation sites excluding steroid dienone is 9. The molecule has 0 fully saturated rings. The van der Waals surface area contributed by atoms with Crippen LogP contribution in [0.25, 0.3) is 43.8 Å². The minimum Gasteiger partial charge on any atom is -0.357 e. The Hall–Kier alpha value is -7.66. The Morgan fingerprint density at radius 1 is 0.627 bits per heavy atom. The van der Waals surface area contributed by atoms with Crippen molar-refractivity contribution >= 4 is 60.9 Å². The minimum absolute atomic E-state index is 0.0445. The van der Waals surface area contributed by atoms with Crippen LogP contribution in [0.5, 0.6) is 0 Å². The van der Waals surface area contributed by atoms with Crippen molar-refractivity contribution in [2.45, 2.75) is 49.7 Å². The van der Waals surface area contributed by atoms with Crippen molar-refractivity contribution < 1.29 is 0 Å². The third-order valence-corrected chi connectivity index (χ3v) is 15.2. The second-order valence-corrected chi connectivity index (χ2v) is 18.9. The van der Waals surface area contributed by atoms with Crippen molar-refractivity contribution in [3.05, 3.63) is 252 Å². The number of benzene rings is 7. The van der Waals surface area contributed by atoms with E-state index in [9.17, 15) is 0 Å². The van der Waals surface area contributed by atoms with Crippen molar-refractivity contribution in [1.82, 2.24) is 4.57 Å². The zero-order chi connectivity index (χ0) is 44.6. The maximum Gasteiger partial charge on any atom is 0.0587 e. The number of nitrogens with zero attached hydrogens (tertiary/aromatic N) is 3. The van der Waals surface area contributed by atoms with Crippen LogP contribution in [0.4, 0.5) is 22.7 Å². The Kier molecular flexibility index (Phi) is 9.50. The Morgan fingerprint density at radius 3 is 2.31 bits per heavy atom. The second kappa shape index (κ2) is 16.0. The zero-order valence-corrected chi connectivity index (χ0v) is 37.7. The molecule has 4 aliphatic carbocycles. The van der Waals surface area contributed by atoms with Crippen LogP contribution >= 0.6 is 0 Å². The molecule has 4 heteroatoms. The molecule has 0 spiro atoms. The lowest BCUT2D eigenvalue weighted by atomic mass is 9.71. The van der Waals surface area contributed by atoms with Crippen LogP contribution in [0.2, 0.25) is 0 Å².